The highest BCUT2D eigenvalue weighted by molar-refractivity contribution is 6.31. The average molecular weight is 351 g/mol. The third-order valence-electron chi connectivity index (χ3n) is 3.97. The van der Waals surface area contributed by atoms with Crippen molar-refractivity contribution in [2.45, 2.75) is 44.9 Å². The van der Waals surface area contributed by atoms with Crippen LogP contribution in [-0.4, -0.2) is 28.5 Å². The fraction of sp³-hybridized carbons (Fsp3) is 0.444. The van der Waals surface area contributed by atoms with Crippen molar-refractivity contribution in [2.75, 3.05) is 6.54 Å². The monoisotopic (exact) mass is 350 g/mol. The number of carbonyl (C=O) groups excluding carboxylic acids is 1. The molecule has 0 aliphatic heterocycles. The number of aromatic nitrogens is 1. The van der Waals surface area contributed by atoms with E-state index in [4.69, 9.17) is 16.7 Å². The van der Waals surface area contributed by atoms with Crippen LogP contribution >= 0.6 is 11.6 Å². The van der Waals surface area contributed by atoms with E-state index in [0.29, 0.717) is 18.0 Å². The molecule has 0 saturated heterocycles. The zero-order valence-electron chi connectivity index (χ0n) is 13.6. The van der Waals surface area contributed by atoms with Crippen molar-refractivity contribution in [3.05, 3.63) is 35.0 Å². The second kappa shape index (κ2) is 9.33. The number of halogens is 1. The number of amides is 1. The van der Waals surface area contributed by atoms with Crippen molar-refractivity contribution in [1.29, 1.82) is 0 Å². The van der Waals surface area contributed by atoms with Gasteiger partial charge >= 0.3 is 5.97 Å². The van der Waals surface area contributed by atoms with E-state index in [-0.39, 0.29) is 12.3 Å². The zero-order valence-corrected chi connectivity index (χ0v) is 14.4. The van der Waals surface area contributed by atoms with Crippen LogP contribution in [0.1, 0.15) is 44.1 Å². The van der Waals surface area contributed by atoms with E-state index >= 15 is 0 Å². The molecule has 0 saturated carbocycles. The van der Waals surface area contributed by atoms with Crippen molar-refractivity contribution in [3.8, 4) is 0 Å². The number of aliphatic carboxylic acids is 1. The molecule has 1 heterocycles. The summed E-state index contributed by atoms with van der Waals surface area (Å²) in [5.41, 5.74) is 1.92. The van der Waals surface area contributed by atoms with Crippen LogP contribution in [0.15, 0.2) is 24.4 Å². The van der Waals surface area contributed by atoms with Crippen LogP contribution in [0.3, 0.4) is 0 Å². The molecular weight excluding hydrogens is 328 g/mol. The first kappa shape index (κ1) is 18.3. The standard InChI is InChI=1S/C18H23ClN2O3/c19-14-7-8-16-15(11-14)13(12-21-16)10-17(22)20-9-5-3-1-2-4-6-18(23)24/h7-8,11-12,21H,1-6,9-10H2,(H,20,22)(H,23,24). The van der Waals surface area contributed by atoms with E-state index in [2.05, 4.69) is 10.3 Å². The van der Waals surface area contributed by atoms with E-state index in [1.165, 1.54) is 0 Å². The molecule has 1 aromatic heterocycles. The molecule has 0 spiro atoms. The van der Waals surface area contributed by atoms with Gasteiger partial charge in [0.1, 0.15) is 0 Å². The van der Waals surface area contributed by atoms with Gasteiger partial charge < -0.3 is 15.4 Å². The van der Waals surface area contributed by atoms with E-state index < -0.39 is 5.97 Å². The van der Waals surface area contributed by atoms with E-state index in [1.807, 2.05) is 24.4 Å². The van der Waals surface area contributed by atoms with Gasteiger partial charge in [0.05, 0.1) is 6.42 Å². The lowest BCUT2D eigenvalue weighted by Crippen LogP contribution is -2.26. The average Bonchev–Trinajstić information content (AvgIpc) is 2.92. The summed E-state index contributed by atoms with van der Waals surface area (Å²) in [7, 11) is 0. The molecule has 0 aliphatic carbocycles. The van der Waals surface area contributed by atoms with Crippen molar-refractivity contribution in [1.82, 2.24) is 10.3 Å². The van der Waals surface area contributed by atoms with Gasteiger partial charge in [-0.3, -0.25) is 9.59 Å². The number of fused-ring (bicyclic) bond motifs is 1. The summed E-state index contributed by atoms with van der Waals surface area (Å²) in [6, 6.07) is 5.59. The molecule has 6 heteroatoms. The smallest absolute Gasteiger partial charge is 0.303 e. The van der Waals surface area contributed by atoms with Crippen LogP contribution in [0.4, 0.5) is 0 Å². The lowest BCUT2D eigenvalue weighted by Gasteiger charge is -2.05. The molecule has 130 valence electrons. The summed E-state index contributed by atoms with van der Waals surface area (Å²) in [6.07, 6.45) is 7.00. The molecule has 1 amide bonds. The predicted molar refractivity (Wildman–Crippen MR) is 95.4 cm³/mol. The van der Waals surface area contributed by atoms with E-state index in [9.17, 15) is 9.59 Å². The highest BCUT2D eigenvalue weighted by Gasteiger charge is 2.09. The van der Waals surface area contributed by atoms with Crippen LogP contribution in [0, 0.1) is 0 Å². The van der Waals surface area contributed by atoms with E-state index in [1.54, 1.807) is 0 Å². The molecule has 0 fully saturated rings. The van der Waals surface area contributed by atoms with Crippen LogP contribution in [-0.2, 0) is 16.0 Å². The molecule has 3 N–H and O–H groups in total. The Kier molecular flexibility index (Phi) is 7.12. The number of rotatable bonds is 10. The van der Waals surface area contributed by atoms with Gasteiger partial charge in [0.25, 0.3) is 0 Å². The molecule has 0 unspecified atom stereocenters. The second-order valence-corrected chi connectivity index (χ2v) is 6.38. The van der Waals surface area contributed by atoms with Crippen LogP contribution in [0.5, 0.6) is 0 Å². The fourth-order valence-corrected chi connectivity index (χ4v) is 2.86. The first-order valence-electron chi connectivity index (χ1n) is 8.30. The molecule has 2 aromatic rings. The summed E-state index contributed by atoms with van der Waals surface area (Å²) in [6.45, 7) is 0.654. The van der Waals surface area contributed by atoms with Crippen molar-refractivity contribution < 1.29 is 14.7 Å². The van der Waals surface area contributed by atoms with Crippen molar-refractivity contribution in [3.63, 3.8) is 0 Å². The first-order valence-corrected chi connectivity index (χ1v) is 8.68. The minimum Gasteiger partial charge on any atom is -0.481 e. The number of carboxylic acid groups (broad SMARTS) is 1. The topological polar surface area (TPSA) is 82.2 Å². The molecule has 0 bridgehead atoms. The maximum atomic E-state index is 12.0. The number of aromatic amines is 1. The lowest BCUT2D eigenvalue weighted by atomic mass is 10.1. The molecule has 0 radical (unpaired) electrons. The zero-order chi connectivity index (χ0) is 17.4. The van der Waals surface area contributed by atoms with Gasteiger partial charge in [-0.1, -0.05) is 30.9 Å². The van der Waals surface area contributed by atoms with Gasteiger partial charge in [0.2, 0.25) is 5.91 Å². The number of carboxylic acids is 1. The quantitative estimate of drug-likeness (QED) is 0.568. The van der Waals surface area contributed by atoms with E-state index in [0.717, 1.165) is 48.6 Å². The molecular formula is C18H23ClN2O3. The Morgan fingerprint density at radius 2 is 1.88 bits per heavy atom. The summed E-state index contributed by atoms with van der Waals surface area (Å²) < 4.78 is 0. The van der Waals surface area contributed by atoms with Gasteiger partial charge in [0.15, 0.2) is 0 Å². The normalized spacial score (nSPS) is 10.9. The Morgan fingerprint density at radius 3 is 2.67 bits per heavy atom. The SMILES string of the molecule is O=C(O)CCCCCCCNC(=O)Cc1c[nH]c2ccc(Cl)cc12. The maximum Gasteiger partial charge on any atom is 0.303 e. The number of nitrogens with one attached hydrogen (secondary N) is 2. The highest BCUT2D eigenvalue weighted by atomic mass is 35.5. The molecule has 5 nitrogen and oxygen atoms in total. The summed E-state index contributed by atoms with van der Waals surface area (Å²) in [5.74, 6) is -0.734. The number of H-pyrrole nitrogens is 1. The Balaban J connectivity index is 1.64. The van der Waals surface area contributed by atoms with Crippen molar-refractivity contribution in [2.24, 2.45) is 0 Å². The third-order valence-corrected chi connectivity index (χ3v) is 4.21. The first-order chi connectivity index (χ1) is 11.6. The Bertz CT molecular complexity index is 697. The number of benzene rings is 1. The van der Waals surface area contributed by atoms with Crippen molar-refractivity contribution >= 4 is 34.4 Å². The summed E-state index contributed by atoms with van der Waals surface area (Å²) >= 11 is 6.01. The van der Waals surface area contributed by atoms with Gasteiger partial charge in [0, 0.05) is 35.1 Å². The van der Waals surface area contributed by atoms with Crippen LogP contribution in [0.25, 0.3) is 10.9 Å². The molecule has 24 heavy (non-hydrogen) atoms. The number of hydrogen-bond donors (Lipinski definition) is 3. The second-order valence-electron chi connectivity index (χ2n) is 5.94. The molecule has 1 aromatic carbocycles. The summed E-state index contributed by atoms with van der Waals surface area (Å²) in [4.78, 5) is 25.6. The third kappa shape index (κ3) is 5.89. The van der Waals surface area contributed by atoms with Gasteiger partial charge in [-0.15, -0.1) is 0 Å². The van der Waals surface area contributed by atoms with Crippen LogP contribution in [0.2, 0.25) is 5.02 Å². The molecule has 0 aliphatic rings. The number of carbonyl (C=O) groups is 2. The van der Waals surface area contributed by atoms with Crippen LogP contribution < -0.4 is 5.32 Å². The fourth-order valence-electron chi connectivity index (χ4n) is 2.69. The lowest BCUT2D eigenvalue weighted by molar-refractivity contribution is -0.137. The Morgan fingerprint density at radius 1 is 1.12 bits per heavy atom. The minimum atomic E-state index is -0.735. The Hall–Kier alpha value is -2.01. The number of hydrogen-bond acceptors (Lipinski definition) is 2. The Labute approximate surface area is 146 Å². The molecule has 2 rings (SSSR count). The molecule has 0 atom stereocenters. The highest BCUT2D eigenvalue weighted by Crippen LogP contribution is 2.22. The van der Waals surface area contributed by atoms with Gasteiger partial charge in [-0.05, 0) is 36.6 Å². The minimum absolute atomic E-state index is 0.00162. The number of unbranched alkanes of at least 4 members (excludes halogenated alkanes) is 4. The predicted octanol–water partition coefficient (Wildman–Crippen LogP) is 3.91. The summed E-state index contributed by atoms with van der Waals surface area (Å²) in [5, 5.41) is 13.1. The maximum absolute atomic E-state index is 12.0. The largest absolute Gasteiger partial charge is 0.481 e. The van der Waals surface area contributed by atoms with Gasteiger partial charge in [-0.2, -0.15) is 0 Å². The van der Waals surface area contributed by atoms with Gasteiger partial charge in [-0.25, -0.2) is 0 Å².